The Balaban J connectivity index is 2.05. The summed E-state index contributed by atoms with van der Waals surface area (Å²) in [6, 6.07) is 0. The van der Waals surface area contributed by atoms with Gasteiger partial charge in [0.2, 0.25) is 0 Å². The molecular formula is C13H17F3N2O2S. The van der Waals surface area contributed by atoms with Crippen LogP contribution in [0.2, 0.25) is 0 Å². The van der Waals surface area contributed by atoms with Gasteiger partial charge in [-0.15, -0.1) is 11.3 Å². The molecule has 0 aliphatic carbocycles. The highest BCUT2D eigenvalue weighted by molar-refractivity contribution is 7.13. The maximum Gasteiger partial charge on any atom is 0.435 e. The second-order valence-corrected chi connectivity index (χ2v) is 6.18. The Morgan fingerprint density at radius 1 is 1.24 bits per heavy atom. The number of carboxylic acid groups (broad SMARTS) is 1. The molecule has 2 rings (SSSR count). The molecule has 4 nitrogen and oxygen atoms in total. The summed E-state index contributed by atoms with van der Waals surface area (Å²) in [5, 5.41) is 9.10. The average molecular weight is 322 g/mol. The Bertz CT molecular complexity index is 494. The van der Waals surface area contributed by atoms with E-state index in [1.54, 1.807) is 0 Å². The highest BCUT2D eigenvalue weighted by Gasteiger charge is 2.39. The van der Waals surface area contributed by atoms with Gasteiger partial charge in [-0.3, -0.25) is 0 Å². The largest absolute Gasteiger partial charge is 0.477 e. The van der Waals surface area contributed by atoms with E-state index in [0.29, 0.717) is 24.3 Å². The first kappa shape index (κ1) is 16.2. The van der Waals surface area contributed by atoms with Gasteiger partial charge in [0, 0.05) is 13.0 Å². The predicted octanol–water partition coefficient (Wildman–Crippen LogP) is 3.28. The molecule has 0 saturated carbocycles. The lowest BCUT2D eigenvalue weighted by Crippen LogP contribution is -2.26. The molecule has 1 aliphatic heterocycles. The molecule has 1 N–H and O–H groups in total. The molecule has 1 aromatic rings. The van der Waals surface area contributed by atoms with Gasteiger partial charge in [0.15, 0.2) is 5.69 Å². The van der Waals surface area contributed by atoms with Crippen molar-refractivity contribution in [2.45, 2.75) is 38.3 Å². The number of aromatic carboxylic acids is 1. The summed E-state index contributed by atoms with van der Waals surface area (Å²) in [5.74, 6) is -1.57. The van der Waals surface area contributed by atoms with Crippen LogP contribution in [0.5, 0.6) is 0 Å². The van der Waals surface area contributed by atoms with Gasteiger partial charge < -0.3 is 10.0 Å². The Morgan fingerprint density at radius 2 is 1.86 bits per heavy atom. The van der Waals surface area contributed by atoms with Crippen molar-refractivity contribution in [3.8, 4) is 0 Å². The number of alkyl halides is 3. The van der Waals surface area contributed by atoms with Crippen LogP contribution in [0.4, 0.5) is 13.2 Å². The lowest BCUT2D eigenvalue weighted by molar-refractivity contribution is -0.141. The van der Waals surface area contributed by atoms with Crippen molar-refractivity contribution in [1.29, 1.82) is 0 Å². The number of hydrogen-bond acceptors (Lipinski definition) is 4. The van der Waals surface area contributed by atoms with Crippen LogP contribution in [0.1, 0.15) is 46.1 Å². The molecule has 0 aromatic carbocycles. The standard InChI is InChI=1S/C13H17F3N2O2S/c14-13(15,16)11-10(12(19)20)21-9(17-11)5-8-18-6-3-1-2-4-7-18/h1-8H2,(H,19,20). The van der Waals surface area contributed by atoms with Crippen molar-refractivity contribution in [1.82, 2.24) is 9.88 Å². The summed E-state index contributed by atoms with van der Waals surface area (Å²) in [5.41, 5.74) is -1.27. The van der Waals surface area contributed by atoms with Crippen molar-refractivity contribution < 1.29 is 23.1 Å². The van der Waals surface area contributed by atoms with Crippen molar-refractivity contribution in [3.05, 3.63) is 15.6 Å². The van der Waals surface area contributed by atoms with E-state index in [0.717, 1.165) is 25.9 Å². The third-order valence-corrected chi connectivity index (χ3v) is 4.58. The normalized spacial score (nSPS) is 17.7. The Hall–Kier alpha value is -1.15. The van der Waals surface area contributed by atoms with Gasteiger partial charge in [0.25, 0.3) is 0 Å². The fraction of sp³-hybridized carbons (Fsp3) is 0.692. The van der Waals surface area contributed by atoms with Crippen LogP contribution >= 0.6 is 11.3 Å². The number of halogens is 3. The lowest BCUT2D eigenvalue weighted by Gasteiger charge is -2.18. The van der Waals surface area contributed by atoms with E-state index in [9.17, 15) is 18.0 Å². The average Bonchev–Trinajstić information content (AvgIpc) is 2.67. The van der Waals surface area contributed by atoms with Gasteiger partial charge in [-0.05, 0) is 25.9 Å². The quantitative estimate of drug-likeness (QED) is 0.924. The fourth-order valence-corrected chi connectivity index (χ4v) is 3.33. The molecule has 0 atom stereocenters. The second kappa shape index (κ2) is 6.74. The highest BCUT2D eigenvalue weighted by atomic mass is 32.1. The van der Waals surface area contributed by atoms with Crippen LogP contribution in [0.25, 0.3) is 0 Å². The van der Waals surface area contributed by atoms with Gasteiger partial charge in [-0.2, -0.15) is 13.2 Å². The maximum absolute atomic E-state index is 12.7. The Kier molecular flexibility index (Phi) is 5.21. The number of hydrogen-bond donors (Lipinski definition) is 1. The Morgan fingerprint density at radius 3 is 2.33 bits per heavy atom. The summed E-state index contributed by atoms with van der Waals surface area (Å²) in [7, 11) is 0. The summed E-state index contributed by atoms with van der Waals surface area (Å²) in [6.45, 7) is 2.52. The van der Waals surface area contributed by atoms with E-state index in [1.807, 2.05) is 0 Å². The minimum absolute atomic E-state index is 0.240. The van der Waals surface area contributed by atoms with Gasteiger partial charge in [-0.25, -0.2) is 9.78 Å². The zero-order chi connectivity index (χ0) is 15.5. The summed E-state index contributed by atoms with van der Waals surface area (Å²) >= 11 is 0.631. The molecule has 1 fully saturated rings. The van der Waals surface area contributed by atoms with Crippen LogP contribution in [0, 0.1) is 0 Å². The van der Waals surface area contributed by atoms with E-state index < -0.39 is 22.7 Å². The zero-order valence-electron chi connectivity index (χ0n) is 11.4. The first-order chi connectivity index (χ1) is 9.88. The molecule has 2 heterocycles. The predicted molar refractivity (Wildman–Crippen MR) is 72.7 cm³/mol. The van der Waals surface area contributed by atoms with Gasteiger partial charge >= 0.3 is 12.1 Å². The molecule has 21 heavy (non-hydrogen) atoms. The molecule has 0 radical (unpaired) electrons. The molecule has 1 aliphatic rings. The minimum Gasteiger partial charge on any atom is -0.477 e. The lowest BCUT2D eigenvalue weighted by atomic mass is 10.2. The molecule has 0 bridgehead atoms. The number of carbonyl (C=O) groups is 1. The van der Waals surface area contributed by atoms with E-state index in [2.05, 4.69) is 9.88 Å². The number of likely N-dealkylation sites (tertiary alicyclic amines) is 1. The van der Waals surface area contributed by atoms with Crippen LogP contribution in [0.15, 0.2) is 0 Å². The topological polar surface area (TPSA) is 53.4 Å². The van der Waals surface area contributed by atoms with Crippen LogP contribution < -0.4 is 0 Å². The van der Waals surface area contributed by atoms with Crippen LogP contribution in [-0.2, 0) is 12.6 Å². The molecule has 118 valence electrons. The van der Waals surface area contributed by atoms with Crippen molar-refractivity contribution in [3.63, 3.8) is 0 Å². The number of carboxylic acids is 1. The van der Waals surface area contributed by atoms with E-state index >= 15 is 0 Å². The first-order valence-electron chi connectivity index (χ1n) is 6.90. The van der Waals surface area contributed by atoms with E-state index in [-0.39, 0.29) is 5.01 Å². The van der Waals surface area contributed by atoms with Gasteiger partial charge in [0.05, 0.1) is 5.01 Å². The SMILES string of the molecule is O=C(O)c1sc(CCN2CCCCCC2)nc1C(F)(F)F. The third kappa shape index (κ3) is 4.41. The van der Waals surface area contributed by atoms with Crippen LogP contribution in [0.3, 0.4) is 0 Å². The number of aromatic nitrogens is 1. The van der Waals surface area contributed by atoms with E-state index in [1.165, 1.54) is 12.8 Å². The molecule has 0 spiro atoms. The molecule has 0 unspecified atom stereocenters. The number of rotatable bonds is 4. The zero-order valence-corrected chi connectivity index (χ0v) is 12.3. The highest BCUT2D eigenvalue weighted by Crippen LogP contribution is 2.34. The number of thiazole rings is 1. The Labute approximate surface area is 124 Å². The fourth-order valence-electron chi connectivity index (χ4n) is 2.42. The molecule has 8 heteroatoms. The van der Waals surface area contributed by atoms with Crippen molar-refractivity contribution in [2.24, 2.45) is 0 Å². The van der Waals surface area contributed by atoms with Gasteiger partial charge in [0.1, 0.15) is 4.88 Å². The maximum atomic E-state index is 12.7. The molecule has 1 saturated heterocycles. The van der Waals surface area contributed by atoms with Crippen molar-refractivity contribution in [2.75, 3.05) is 19.6 Å². The second-order valence-electron chi connectivity index (χ2n) is 5.09. The summed E-state index contributed by atoms with van der Waals surface area (Å²) in [4.78, 5) is 15.9. The van der Waals surface area contributed by atoms with Crippen molar-refractivity contribution >= 4 is 17.3 Å². The minimum atomic E-state index is -4.72. The monoisotopic (exact) mass is 322 g/mol. The smallest absolute Gasteiger partial charge is 0.435 e. The van der Waals surface area contributed by atoms with Crippen LogP contribution in [-0.4, -0.2) is 40.6 Å². The van der Waals surface area contributed by atoms with E-state index in [4.69, 9.17) is 5.11 Å². The molecule has 1 aromatic heterocycles. The van der Waals surface area contributed by atoms with Gasteiger partial charge in [-0.1, -0.05) is 12.8 Å². The molecular weight excluding hydrogens is 305 g/mol. The summed E-state index contributed by atoms with van der Waals surface area (Å²) in [6.07, 6.45) is 0.231. The number of nitrogens with zero attached hydrogens (tertiary/aromatic N) is 2. The first-order valence-corrected chi connectivity index (χ1v) is 7.72. The summed E-state index contributed by atoms with van der Waals surface area (Å²) < 4.78 is 38.2. The molecule has 0 amide bonds. The third-order valence-electron chi connectivity index (χ3n) is 3.47.